The molecule has 94 valence electrons. The molecule has 4 heteroatoms. The van der Waals surface area contributed by atoms with Gasteiger partial charge >= 0.3 is 0 Å². The number of rotatable bonds is 3. The van der Waals surface area contributed by atoms with Crippen LogP contribution in [-0.4, -0.2) is 7.11 Å². The zero-order chi connectivity index (χ0) is 13.1. The quantitative estimate of drug-likeness (QED) is 0.825. The van der Waals surface area contributed by atoms with Crippen LogP contribution in [0.15, 0.2) is 42.5 Å². The molecule has 0 aliphatic rings. The highest BCUT2D eigenvalue weighted by Gasteiger charge is 2.11. The summed E-state index contributed by atoms with van der Waals surface area (Å²) in [4.78, 5) is 0. The lowest BCUT2D eigenvalue weighted by Gasteiger charge is -2.14. The third-order valence-corrected chi connectivity index (χ3v) is 3.78. The van der Waals surface area contributed by atoms with Gasteiger partial charge in [0, 0.05) is 3.57 Å². The second-order valence-corrected chi connectivity index (χ2v) is 5.58. The molecule has 2 nitrogen and oxygen atoms in total. The van der Waals surface area contributed by atoms with E-state index in [2.05, 4.69) is 22.6 Å². The van der Waals surface area contributed by atoms with Gasteiger partial charge in [-0.1, -0.05) is 29.8 Å². The monoisotopic (exact) mass is 373 g/mol. The van der Waals surface area contributed by atoms with Crippen LogP contribution in [-0.2, 0) is 0 Å². The molecule has 0 bridgehead atoms. The number of hydrogen-bond donors (Lipinski definition) is 1. The second-order valence-electron chi connectivity index (χ2n) is 3.92. The molecule has 0 heterocycles. The molecule has 2 rings (SSSR count). The molecule has 0 amide bonds. The van der Waals surface area contributed by atoms with E-state index in [1.807, 2.05) is 42.5 Å². The highest BCUT2D eigenvalue weighted by molar-refractivity contribution is 14.1. The molecule has 0 radical (unpaired) electrons. The Morgan fingerprint density at radius 3 is 2.28 bits per heavy atom. The summed E-state index contributed by atoms with van der Waals surface area (Å²) < 4.78 is 6.32. The van der Waals surface area contributed by atoms with Gasteiger partial charge in [0.25, 0.3) is 0 Å². The van der Waals surface area contributed by atoms with E-state index in [1.54, 1.807) is 7.11 Å². The number of methoxy groups -OCH3 is 1. The first-order chi connectivity index (χ1) is 8.61. The van der Waals surface area contributed by atoms with Crippen molar-refractivity contribution in [1.29, 1.82) is 0 Å². The van der Waals surface area contributed by atoms with E-state index < -0.39 is 0 Å². The van der Waals surface area contributed by atoms with Crippen LogP contribution < -0.4 is 10.5 Å². The minimum absolute atomic E-state index is 0.176. The Morgan fingerprint density at radius 2 is 1.72 bits per heavy atom. The summed E-state index contributed by atoms with van der Waals surface area (Å²) in [5, 5.41) is 0.580. The zero-order valence-corrected chi connectivity index (χ0v) is 12.8. The summed E-state index contributed by atoms with van der Waals surface area (Å²) in [6.07, 6.45) is 0. The van der Waals surface area contributed by atoms with Crippen LogP contribution in [0.2, 0.25) is 5.02 Å². The molecule has 2 aromatic rings. The van der Waals surface area contributed by atoms with Gasteiger partial charge in [0.15, 0.2) is 0 Å². The van der Waals surface area contributed by atoms with E-state index in [1.165, 1.54) is 3.57 Å². The number of halogens is 2. The van der Waals surface area contributed by atoms with Gasteiger partial charge < -0.3 is 10.5 Å². The van der Waals surface area contributed by atoms with E-state index >= 15 is 0 Å². The van der Waals surface area contributed by atoms with Gasteiger partial charge in [-0.2, -0.15) is 0 Å². The molecule has 0 aliphatic carbocycles. The molecule has 0 aromatic heterocycles. The summed E-state index contributed by atoms with van der Waals surface area (Å²) in [5.41, 5.74) is 8.27. The molecule has 0 spiro atoms. The summed E-state index contributed by atoms with van der Waals surface area (Å²) in [7, 11) is 1.60. The van der Waals surface area contributed by atoms with E-state index in [0.717, 1.165) is 11.1 Å². The largest absolute Gasteiger partial charge is 0.495 e. The van der Waals surface area contributed by atoms with Crippen molar-refractivity contribution < 1.29 is 4.74 Å². The van der Waals surface area contributed by atoms with Crippen LogP contribution in [0, 0.1) is 3.57 Å². The van der Waals surface area contributed by atoms with Crippen molar-refractivity contribution in [3.63, 3.8) is 0 Å². The Balaban J connectivity index is 2.31. The standard InChI is InChI=1S/C14H13ClINO/c1-18-13-7-4-10(8-12(13)15)14(17)9-2-5-11(16)6-3-9/h2-8,14H,17H2,1H3. The zero-order valence-electron chi connectivity index (χ0n) is 9.86. The topological polar surface area (TPSA) is 35.2 Å². The molecule has 0 fully saturated rings. The first kappa shape index (κ1) is 13.6. The second kappa shape index (κ2) is 5.91. The van der Waals surface area contributed by atoms with Crippen molar-refractivity contribution >= 4 is 34.2 Å². The molecule has 18 heavy (non-hydrogen) atoms. The molecule has 1 unspecified atom stereocenters. The van der Waals surface area contributed by atoms with Crippen molar-refractivity contribution in [3.8, 4) is 5.75 Å². The predicted molar refractivity (Wildman–Crippen MR) is 83.2 cm³/mol. The van der Waals surface area contributed by atoms with E-state index in [-0.39, 0.29) is 6.04 Å². The Morgan fingerprint density at radius 1 is 1.11 bits per heavy atom. The fourth-order valence-electron chi connectivity index (χ4n) is 1.74. The highest BCUT2D eigenvalue weighted by Crippen LogP contribution is 2.29. The number of hydrogen-bond acceptors (Lipinski definition) is 2. The summed E-state index contributed by atoms with van der Waals surface area (Å²) >= 11 is 8.38. The molecule has 2 N–H and O–H groups in total. The Kier molecular flexibility index (Phi) is 4.48. The Hall–Kier alpha value is -0.780. The third-order valence-electron chi connectivity index (χ3n) is 2.76. The van der Waals surface area contributed by atoms with Crippen molar-refractivity contribution in [2.45, 2.75) is 6.04 Å². The fourth-order valence-corrected chi connectivity index (χ4v) is 2.36. The Labute approximate surface area is 125 Å². The SMILES string of the molecule is COc1ccc(C(N)c2ccc(I)cc2)cc1Cl. The van der Waals surface area contributed by atoms with Gasteiger partial charge in [-0.3, -0.25) is 0 Å². The molecule has 0 saturated heterocycles. The molecule has 0 saturated carbocycles. The smallest absolute Gasteiger partial charge is 0.137 e. The van der Waals surface area contributed by atoms with Crippen molar-refractivity contribution in [2.75, 3.05) is 7.11 Å². The first-order valence-corrected chi connectivity index (χ1v) is 6.92. The van der Waals surface area contributed by atoms with Crippen molar-refractivity contribution in [1.82, 2.24) is 0 Å². The lowest BCUT2D eigenvalue weighted by Crippen LogP contribution is -2.11. The maximum absolute atomic E-state index is 6.22. The lowest BCUT2D eigenvalue weighted by atomic mass is 10.00. The Bertz CT molecular complexity index is 542. The molecular formula is C14H13ClINO. The van der Waals surface area contributed by atoms with Gasteiger partial charge in [0.05, 0.1) is 18.2 Å². The van der Waals surface area contributed by atoms with Crippen LogP contribution in [0.25, 0.3) is 0 Å². The first-order valence-electron chi connectivity index (χ1n) is 5.46. The maximum atomic E-state index is 6.22. The number of benzene rings is 2. The molecule has 0 aliphatic heterocycles. The lowest BCUT2D eigenvalue weighted by molar-refractivity contribution is 0.415. The summed E-state index contributed by atoms with van der Waals surface area (Å²) in [5.74, 6) is 0.662. The van der Waals surface area contributed by atoms with Crippen molar-refractivity contribution in [2.24, 2.45) is 5.73 Å². The van der Waals surface area contributed by atoms with Crippen LogP contribution >= 0.6 is 34.2 Å². The predicted octanol–water partition coefficient (Wildman–Crippen LogP) is 4.00. The number of nitrogens with two attached hydrogens (primary N) is 1. The number of ether oxygens (including phenoxy) is 1. The van der Waals surface area contributed by atoms with Crippen LogP contribution in [0.5, 0.6) is 5.75 Å². The van der Waals surface area contributed by atoms with Gasteiger partial charge in [-0.25, -0.2) is 0 Å². The summed E-state index contributed by atoms with van der Waals surface area (Å²) in [6, 6.07) is 13.6. The van der Waals surface area contributed by atoms with Crippen LogP contribution in [0.3, 0.4) is 0 Å². The average molecular weight is 374 g/mol. The van der Waals surface area contributed by atoms with E-state index in [0.29, 0.717) is 10.8 Å². The normalized spacial score (nSPS) is 12.2. The van der Waals surface area contributed by atoms with E-state index in [4.69, 9.17) is 22.1 Å². The van der Waals surface area contributed by atoms with Gasteiger partial charge in [0.2, 0.25) is 0 Å². The van der Waals surface area contributed by atoms with E-state index in [9.17, 15) is 0 Å². The van der Waals surface area contributed by atoms with Gasteiger partial charge in [0.1, 0.15) is 5.75 Å². The maximum Gasteiger partial charge on any atom is 0.137 e. The highest BCUT2D eigenvalue weighted by atomic mass is 127. The van der Waals surface area contributed by atoms with Crippen LogP contribution in [0.4, 0.5) is 0 Å². The van der Waals surface area contributed by atoms with Gasteiger partial charge in [-0.15, -0.1) is 0 Å². The van der Waals surface area contributed by atoms with Crippen LogP contribution in [0.1, 0.15) is 17.2 Å². The van der Waals surface area contributed by atoms with Crippen molar-refractivity contribution in [3.05, 3.63) is 62.2 Å². The third kappa shape index (κ3) is 2.96. The molecule has 1 atom stereocenters. The minimum atomic E-state index is -0.176. The minimum Gasteiger partial charge on any atom is -0.495 e. The fraction of sp³-hybridized carbons (Fsp3) is 0.143. The van der Waals surface area contributed by atoms with Gasteiger partial charge in [-0.05, 0) is 58.0 Å². The molecular weight excluding hydrogens is 361 g/mol. The average Bonchev–Trinajstić information content (AvgIpc) is 2.38. The summed E-state index contributed by atoms with van der Waals surface area (Å²) in [6.45, 7) is 0. The molecule has 2 aromatic carbocycles.